The highest BCUT2D eigenvalue weighted by Gasteiger charge is 2.20. The van der Waals surface area contributed by atoms with E-state index >= 15 is 0 Å². The third kappa shape index (κ3) is 4.27. The Morgan fingerprint density at radius 1 is 0.413 bits per heavy atom. The minimum atomic E-state index is 0.482. The Morgan fingerprint density at radius 2 is 0.935 bits per heavy atom. The van der Waals surface area contributed by atoms with Crippen LogP contribution >= 0.6 is 0 Å². The van der Waals surface area contributed by atoms with Crippen molar-refractivity contribution in [2.75, 3.05) is 0 Å². The molecule has 0 aliphatic rings. The molecule has 216 valence electrons. The maximum Gasteiger partial charge on any atom is 0.245 e. The molecule has 9 rings (SSSR count). The summed E-state index contributed by atoms with van der Waals surface area (Å²) in [7, 11) is 0. The summed E-state index contributed by atoms with van der Waals surface area (Å²) in [4.78, 5) is 18.9. The van der Waals surface area contributed by atoms with Gasteiger partial charge in [0.1, 0.15) is 23.9 Å². The molecule has 0 amide bonds. The number of hydrogen-bond donors (Lipinski definition) is 0. The monoisotopic (exact) mass is 592 g/mol. The molecule has 0 N–H and O–H groups in total. The first-order valence-corrected chi connectivity index (χ1v) is 15.0. The molecule has 0 unspecified atom stereocenters. The van der Waals surface area contributed by atoms with E-state index in [4.69, 9.17) is 18.8 Å². The molecule has 0 fully saturated rings. The summed E-state index contributed by atoms with van der Waals surface area (Å²) in [6.07, 6.45) is 6.41. The fourth-order valence-corrected chi connectivity index (χ4v) is 6.46. The van der Waals surface area contributed by atoms with Crippen molar-refractivity contribution in [3.05, 3.63) is 146 Å². The van der Waals surface area contributed by atoms with E-state index in [1.54, 1.807) is 24.9 Å². The van der Waals surface area contributed by atoms with Crippen LogP contribution in [-0.2, 0) is 0 Å². The molecule has 0 aliphatic heterocycles. The predicted molar refractivity (Wildman–Crippen MR) is 182 cm³/mol. The normalized spacial score (nSPS) is 11.5. The van der Waals surface area contributed by atoms with Crippen molar-refractivity contribution in [2.45, 2.75) is 0 Å². The van der Waals surface area contributed by atoms with E-state index < -0.39 is 0 Å². The zero-order valence-corrected chi connectivity index (χ0v) is 24.5. The Balaban J connectivity index is 1.38. The lowest BCUT2D eigenvalue weighted by Crippen LogP contribution is -1.96. The average molecular weight is 593 g/mol. The van der Waals surface area contributed by atoms with Gasteiger partial charge in [-0.3, -0.25) is 0 Å². The summed E-state index contributed by atoms with van der Waals surface area (Å²) >= 11 is 0. The molecule has 9 aromatic rings. The van der Waals surface area contributed by atoms with Gasteiger partial charge in [0.15, 0.2) is 0 Å². The summed E-state index contributed by atoms with van der Waals surface area (Å²) in [5.74, 6) is 0.967. The van der Waals surface area contributed by atoms with Crippen molar-refractivity contribution in [3.63, 3.8) is 0 Å². The lowest BCUT2D eigenvalue weighted by Gasteiger charge is -2.18. The molecule has 4 heterocycles. The second kappa shape index (κ2) is 10.6. The van der Waals surface area contributed by atoms with Crippen molar-refractivity contribution in [2.24, 2.45) is 0 Å². The summed E-state index contributed by atoms with van der Waals surface area (Å²) in [6, 6.07) is 42.1. The van der Waals surface area contributed by atoms with Crippen LogP contribution in [0.15, 0.2) is 155 Å². The molecule has 0 atom stereocenters. The third-order valence-electron chi connectivity index (χ3n) is 8.44. The summed E-state index contributed by atoms with van der Waals surface area (Å²) in [5.41, 5.74) is 7.39. The summed E-state index contributed by atoms with van der Waals surface area (Å²) in [5, 5.41) is 6.69. The van der Waals surface area contributed by atoms with E-state index in [0.29, 0.717) is 23.2 Å². The number of pyridine rings is 2. The maximum absolute atomic E-state index is 5.63. The number of fused-ring (bicyclic) bond motifs is 3. The smallest absolute Gasteiger partial charge is 0.245 e. The van der Waals surface area contributed by atoms with Crippen molar-refractivity contribution >= 4 is 32.3 Å². The second-order valence-electron chi connectivity index (χ2n) is 11.1. The van der Waals surface area contributed by atoms with Crippen LogP contribution in [0.25, 0.3) is 89.1 Å². The molecule has 0 aliphatic carbocycles. The number of benzene rings is 5. The van der Waals surface area contributed by atoms with E-state index in [9.17, 15) is 0 Å². The molecule has 0 saturated carbocycles. The van der Waals surface area contributed by atoms with E-state index in [1.807, 2.05) is 30.3 Å². The average Bonchev–Trinajstić information content (AvgIpc) is 3.86. The minimum absolute atomic E-state index is 0.482. The van der Waals surface area contributed by atoms with Crippen molar-refractivity contribution < 1.29 is 8.83 Å². The van der Waals surface area contributed by atoms with Gasteiger partial charge in [-0.15, -0.1) is 0 Å². The van der Waals surface area contributed by atoms with Crippen molar-refractivity contribution in [3.8, 4) is 56.8 Å². The van der Waals surface area contributed by atoms with Gasteiger partial charge in [0, 0.05) is 11.1 Å². The fourth-order valence-electron chi connectivity index (χ4n) is 6.46. The molecular weight excluding hydrogens is 568 g/mol. The lowest BCUT2D eigenvalue weighted by molar-refractivity contribution is 0.572. The van der Waals surface area contributed by atoms with Crippen LogP contribution in [0.5, 0.6) is 0 Å². The van der Waals surface area contributed by atoms with Gasteiger partial charge in [0.2, 0.25) is 11.8 Å². The molecule has 6 nitrogen and oxygen atoms in total. The van der Waals surface area contributed by atoms with Crippen LogP contribution in [0.2, 0.25) is 0 Å². The minimum Gasteiger partial charge on any atom is -0.443 e. The fraction of sp³-hybridized carbons (Fsp3) is 0. The Bertz CT molecular complexity index is 2530. The molecule has 0 bridgehead atoms. The second-order valence-corrected chi connectivity index (χ2v) is 11.1. The number of oxazole rings is 2. The molecule has 46 heavy (non-hydrogen) atoms. The van der Waals surface area contributed by atoms with Crippen molar-refractivity contribution in [1.29, 1.82) is 0 Å². The van der Waals surface area contributed by atoms with E-state index in [1.165, 1.54) is 16.3 Å². The standard InChI is InChI=1S/C40H24N4O2/c1-2-10-27-25(8-1)9-5-13-28(27)26-18-19-31-32(24-26)38(34-15-7-17-36(44-34)40-42-21-23-46-40)30-12-4-3-11-29(30)37(31)33-14-6-16-35(43-33)39-41-20-22-45-39/h1-24H. The van der Waals surface area contributed by atoms with E-state index in [-0.39, 0.29) is 0 Å². The maximum atomic E-state index is 5.63. The Labute approximate surface area is 263 Å². The molecule has 4 aromatic heterocycles. The lowest BCUT2D eigenvalue weighted by atomic mass is 9.86. The van der Waals surface area contributed by atoms with Gasteiger partial charge in [-0.05, 0) is 73.8 Å². The first kappa shape index (κ1) is 26.0. The number of aromatic nitrogens is 4. The number of rotatable bonds is 5. The zero-order valence-electron chi connectivity index (χ0n) is 24.5. The van der Waals surface area contributed by atoms with E-state index in [0.717, 1.165) is 49.6 Å². The van der Waals surface area contributed by atoms with Crippen LogP contribution in [0.3, 0.4) is 0 Å². The number of nitrogens with zero attached hydrogens (tertiary/aromatic N) is 4. The summed E-state index contributed by atoms with van der Waals surface area (Å²) < 4.78 is 11.2. The Hall–Kier alpha value is -6.40. The molecule has 0 radical (unpaired) electrons. The molecule has 0 saturated heterocycles. The highest BCUT2D eigenvalue weighted by Crippen LogP contribution is 2.45. The topological polar surface area (TPSA) is 77.8 Å². The van der Waals surface area contributed by atoms with Crippen LogP contribution in [0, 0.1) is 0 Å². The quantitative estimate of drug-likeness (QED) is 0.185. The Morgan fingerprint density at radius 3 is 1.57 bits per heavy atom. The SMILES string of the molecule is c1cc(-c2ncco2)nc(-c2c3ccccc3c(-c3cccc(-c4ncco4)n3)c3cc(-c4cccc5ccccc45)ccc23)c1. The summed E-state index contributed by atoms with van der Waals surface area (Å²) in [6.45, 7) is 0. The van der Waals surface area contributed by atoms with E-state index in [2.05, 4.69) is 101 Å². The van der Waals surface area contributed by atoms with Gasteiger partial charge >= 0.3 is 0 Å². The largest absolute Gasteiger partial charge is 0.443 e. The Kier molecular flexibility index (Phi) is 6.03. The molecular formula is C40H24N4O2. The zero-order chi connectivity index (χ0) is 30.5. The first-order valence-electron chi connectivity index (χ1n) is 15.0. The van der Waals surface area contributed by atoms with Crippen LogP contribution in [0.4, 0.5) is 0 Å². The van der Waals surface area contributed by atoms with Gasteiger partial charge in [-0.25, -0.2) is 19.9 Å². The predicted octanol–water partition coefficient (Wildman–Crippen LogP) is 10.2. The van der Waals surface area contributed by atoms with Gasteiger partial charge in [-0.2, -0.15) is 0 Å². The van der Waals surface area contributed by atoms with Crippen molar-refractivity contribution in [1.82, 2.24) is 19.9 Å². The van der Waals surface area contributed by atoms with Gasteiger partial charge in [0.05, 0.1) is 23.8 Å². The molecule has 0 spiro atoms. The van der Waals surface area contributed by atoms with Crippen LogP contribution in [-0.4, -0.2) is 19.9 Å². The first-order chi connectivity index (χ1) is 22.8. The molecule has 6 heteroatoms. The van der Waals surface area contributed by atoms with Gasteiger partial charge < -0.3 is 8.83 Å². The van der Waals surface area contributed by atoms with Gasteiger partial charge in [0.25, 0.3) is 0 Å². The number of hydrogen-bond acceptors (Lipinski definition) is 6. The van der Waals surface area contributed by atoms with Gasteiger partial charge in [-0.1, -0.05) is 91.0 Å². The molecule has 5 aromatic carbocycles. The highest BCUT2D eigenvalue weighted by molar-refractivity contribution is 6.21. The third-order valence-corrected chi connectivity index (χ3v) is 8.44. The van der Waals surface area contributed by atoms with Crippen LogP contribution in [0.1, 0.15) is 0 Å². The van der Waals surface area contributed by atoms with Crippen LogP contribution < -0.4 is 0 Å². The highest BCUT2D eigenvalue weighted by atomic mass is 16.3.